The lowest BCUT2D eigenvalue weighted by molar-refractivity contribution is -0.141. The number of hydrogen-bond acceptors (Lipinski definition) is 6. The van der Waals surface area contributed by atoms with Crippen molar-refractivity contribution in [1.29, 1.82) is 0 Å². The third kappa shape index (κ3) is 6.19. The fourth-order valence-corrected chi connectivity index (χ4v) is 2.57. The molecule has 0 radical (unpaired) electrons. The Hall–Kier alpha value is -2.72. The first-order chi connectivity index (χ1) is 12.7. The van der Waals surface area contributed by atoms with E-state index in [0.717, 1.165) is 11.1 Å². The molecule has 0 bridgehead atoms. The zero-order chi connectivity index (χ0) is 20.0. The summed E-state index contributed by atoms with van der Waals surface area (Å²) in [5.41, 5.74) is 1.04. The van der Waals surface area contributed by atoms with Gasteiger partial charge in [-0.25, -0.2) is 4.79 Å². The lowest BCUT2D eigenvalue weighted by atomic mass is 10.0. The summed E-state index contributed by atoms with van der Waals surface area (Å²) in [6, 6.07) is 5.26. The molecule has 7 nitrogen and oxygen atoms in total. The number of amides is 1. The molecule has 0 saturated heterocycles. The summed E-state index contributed by atoms with van der Waals surface area (Å²) in [4.78, 5) is 25.1. The van der Waals surface area contributed by atoms with E-state index in [9.17, 15) is 9.59 Å². The standard InChI is InChI=1S/C20H26N2O5/c1-20(2,3)27-19(24)21-15-13-26-16-10-6-8-14(18(15)16)9-7-11-22(4)12-17(23)25-5/h6,8,10,15H,11-13H2,1-5H3,(H,21,24). The molecule has 1 unspecified atom stereocenters. The van der Waals surface area contributed by atoms with Crippen molar-refractivity contribution in [3.63, 3.8) is 0 Å². The summed E-state index contributed by atoms with van der Waals surface area (Å²) < 4.78 is 15.6. The average molecular weight is 374 g/mol. The quantitative estimate of drug-likeness (QED) is 0.642. The number of benzene rings is 1. The number of nitrogens with one attached hydrogen (secondary N) is 1. The molecule has 1 amide bonds. The van der Waals surface area contributed by atoms with Crippen molar-refractivity contribution in [2.45, 2.75) is 32.4 Å². The van der Waals surface area contributed by atoms with Crippen molar-refractivity contribution < 1.29 is 23.8 Å². The number of hydrogen-bond donors (Lipinski definition) is 1. The summed E-state index contributed by atoms with van der Waals surface area (Å²) in [6.45, 7) is 6.34. The smallest absolute Gasteiger partial charge is 0.408 e. The molecule has 2 rings (SSSR count). The number of methoxy groups -OCH3 is 1. The van der Waals surface area contributed by atoms with Gasteiger partial charge in [0.15, 0.2) is 0 Å². The van der Waals surface area contributed by atoms with E-state index in [1.54, 1.807) is 11.9 Å². The van der Waals surface area contributed by atoms with Crippen LogP contribution in [0.2, 0.25) is 0 Å². The van der Waals surface area contributed by atoms with Gasteiger partial charge in [0.05, 0.1) is 26.2 Å². The summed E-state index contributed by atoms with van der Waals surface area (Å²) in [6.07, 6.45) is -0.496. The number of alkyl carbamates (subject to hydrolysis) is 1. The zero-order valence-corrected chi connectivity index (χ0v) is 16.4. The third-order valence-corrected chi connectivity index (χ3v) is 3.71. The molecule has 146 valence electrons. The van der Waals surface area contributed by atoms with Gasteiger partial charge >= 0.3 is 12.1 Å². The van der Waals surface area contributed by atoms with E-state index in [2.05, 4.69) is 21.9 Å². The second kappa shape index (κ2) is 8.78. The largest absolute Gasteiger partial charge is 0.491 e. The normalized spacial score (nSPS) is 15.3. The number of esters is 1. The van der Waals surface area contributed by atoms with E-state index >= 15 is 0 Å². The minimum atomic E-state index is -0.573. The van der Waals surface area contributed by atoms with Gasteiger partial charge in [0.25, 0.3) is 0 Å². The molecule has 1 heterocycles. The zero-order valence-electron chi connectivity index (χ0n) is 16.4. The van der Waals surface area contributed by atoms with Crippen molar-refractivity contribution in [3.8, 4) is 17.6 Å². The van der Waals surface area contributed by atoms with Crippen LogP contribution in [0.4, 0.5) is 4.79 Å². The third-order valence-electron chi connectivity index (χ3n) is 3.71. The van der Waals surface area contributed by atoms with Gasteiger partial charge in [0.2, 0.25) is 0 Å². The number of fused-ring (bicyclic) bond motifs is 1. The van der Waals surface area contributed by atoms with Crippen LogP contribution in [0.15, 0.2) is 18.2 Å². The van der Waals surface area contributed by atoms with Gasteiger partial charge in [-0.2, -0.15) is 0 Å². The molecule has 1 N–H and O–H groups in total. The molecule has 0 aliphatic carbocycles. The molecule has 1 aromatic carbocycles. The van der Waals surface area contributed by atoms with Gasteiger partial charge in [-0.05, 0) is 40.0 Å². The highest BCUT2D eigenvalue weighted by Gasteiger charge is 2.29. The molecule has 1 aliphatic rings. The Bertz CT molecular complexity index is 758. The Morgan fingerprint density at radius 1 is 1.37 bits per heavy atom. The number of rotatable bonds is 4. The maximum atomic E-state index is 12.1. The molecule has 0 spiro atoms. The van der Waals surface area contributed by atoms with E-state index < -0.39 is 11.7 Å². The molecule has 0 fully saturated rings. The van der Waals surface area contributed by atoms with E-state index in [4.69, 9.17) is 9.47 Å². The molecule has 1 aromatic rings. The van der Waals surface area contributed by atoms with E-state index in [0.29, 0.717) is 18.9 Å². The lowest BCUT2D eigenvalue weighted by Gasteiger charge is -2.21. The van der Waals surface area contributed by atoms with E-state index in [1.807, 2.05) is 39.0 Å². The summed E-state index contributed by atoms with van der Waals surface area (Å²) in [5, 5.41) is 2.84. The SMILES string of the molecule is COC(=O)CN(C)CC#Cc1cccc2c1C(NC(=O)OC(C)(C)C)CO2. The van der Waals surface area contributed by atoms with Gasteiger partial charge in [-0.1, -0.05) is 17.9 Å². The maximum absolute atomic E-state index is 12.1. The highest BCUT2D eigenvalue weighted by atomic mass is 16.6. The second-order valence-corrected chi connectivity index (χ2v) is 7.28. The molecular weight excluding hydrogens is 348 g/mol. The molecule has 7 heteroatoms. The van der Waals surface area contributed by atoms with Crippen molar-refractivity contribution in [2.75, 3.05) is 33.9 Å². The number of ether oxygens (including phenoxy) is 3. The predicted molar refractivity (Wildman–Crippen MR) is 100 cm³/mol. The van der Waals surface area contributed by atoms with Crippen LogP contribution in [0, 0.1) is 11.8 Å². The Morgan fingerprint density at radius 2 is 2.11 bits per heavy atom. The highest BCUT2D eigenvalue weighted by Crippen LogP contribution is 2.34. The fourth-order valence-electron chi connectivity index (χ4n) is 2.57. The van der Waals surface area contributed by atoms with Crippen LogP contribution in [0.25, 0.3) is 0 Å². The topological polar surface area (TPSA) is 77.1 Å². The van der Waals surface area contributed by atoms with Gasteiger partial charge in [-0.3, -0.25) is 9.69 Å². The molecule has 1 atom stereocenters. The number of likely N-dealkylation sites (N-methyl/N-ethyl adjacent to an activating group) is 1. The van der Waals surface area contributed by atoms with Crippen molar-refractivity contribution >= 4 is 12.1 Å². The molecule has 0 aromatic heterocycles. The first-order valence-electron chi connectivity index (χ1n) is 8.69. The maximum Gasteiger partial charge on any atom is 0.408 e. The lowest BCUT2D eigenvalue weighted by Crippen LogP contribution is -2.35. The van der Waals surface area contributed by atoms with Crippen LogP contribution in [0.1, 0.15) is 37.9 Å². The van der Waals surface area contributed by atoms with Crippen LogP contribution in [-0.4, -0.2) is 56.4 Å². The van der Waals surface area contributed by atoms with Crippen molar-refractivity contribution in [2.24, 2.45) is 0 Å². The Labute approximate surface area is 160 Å². The van der Waals surface area contributed by atoms with Gasteiger partial charge in [0.1, 0.15) is 18.0 Å². The van der Waals surface area contributed by atoms with Crippen molar-refractivity contribution in [1.82, 2.24) is 10.2 Å². The first-order valence-corrected chi connectivity index (χ1v) is 8.69. The van der Waals surface area contributed by atoms with E-state index in [1.165, 1.54) is 7.11 Å². The summed E-state index contributed by atoms with van der Waals surface area (Å²) in [7, 11) is 3.14. The monoisotopic (exact) mass is 374 g/mol. The second-order valence-electron chi connectivity index (χ2n) is 7.28. The summed E-state index contributed by atoms with van der Waals surface area (Å²) >= 11 is 0. The number of nitrogens with zero attached hydrogens (tertiary/aromatic N) is 1. The van der Waals surface area contributed by atoms with Crippen LogP contribution < -0.4 is 10.1 Å². The molecular formula is C20H26N2O5. The summed E-state index contributed by atoms with van der Waals surface area (Å²) in [5.74, 6) is 6.53. The van der Waals surface area contributed by atoms with Gasteiger partial charge < -0.3 is 19.5 Å². The molecule has 0 saturated carbocycles. The first kappa shape index (κ1) is 20.6. The Balaban J connectivity index is 2.09. The molecule has 1 aliphatic heterocycles. The minimum absolute atomic E-state index is 0.171. The average Bonchev–Trinajstić information content (AvgIpc) is 2.96. The van der Waals surface area contributed by atoms with Crippen molar-refractivity contribution in [3.05, 3.63) is 29.3 Å². The predicted octanol–water partition coefficient (Wildman–Crippen LogP) is 2.10. The fraction of sp³-hybridized carbons (Fsp3) is 0.500. The highest BCUT2D eigenvalue weighted by molar-refractivity contribution is 5.71. The Kier molecular flexibility index (Phi) is 6.70. The Morgan fingerprint density at radius 3 is 2.78 bits per heavy atom. The van der Waals surface area contributed by atoms with Crippen LogP contribution in [0.3, 0.4) is 0 Å². The van der Waals surface area contributed by atoms with Crippen LogP contribution in [-0.2, 0) is 14.3 Å². The van der Waals surface area contributed by atoms with Gasteiger partial charge in [0, 0.05) is 11.1 Å². The van der Waals surface area contributed by atoms with Gasteiger partial charge in [-0.15, -0.1) is 0 Å². The molecule has 27 heavy (non-hydrogen) atoms. The van der Waals surface area contributed by atoms with Crippen LogP contribution >= 0.6 is 0 Å². The van der Waals surface area contributed by atoms with Crippen LogP contribution in [0.5, 0.6) is 5.75 Å². The number of carbonyl (C=O) groups is 2. The van der Waals surface area contributed by atoms with E-state index in [-0.39, 0.29) is 18.6 Å². The minimum Gasteiger partial charge on any atom is -0.491 e. The number of carbonyl (C=O) groups excluding carboxylic acids is 2.